The number of hydrogen-bond acceptors (Lipinski definition) is 4. The van der Waals surface area contributed by atoms with E-state index >= 15 is 0 Å². The number of carbonyl (C=O) groups is 1. The van der Waals surface area contributed by atoms with Crippen LogP contribution in [0.25, 0.3) is 11.1 Å². The van der Waals surface area contributed by atoms with E-state index in [0.29, 0.717) is 13.1 Å². The van der Waals surface area contributed by atoms with E-state index in [1.807, 2.05) is 59.5 Å². The van der Waals surface area contributed by atoms with Gasteiger partial charge < -0.3 is 15.1 Å². The Labute approximate surface area is 158 Å². The molecule has 0 spiro atoms. The Morgan fingerprint density at radius 3 is 2.37 bits per heavy atom. The van der Waals surface area contributed by atoms with E-state index < -0.39 is 0 Å². The van der Waals surface area contributed by atoms with Gasteiger partial charge >= 0.3 is 6.03 Å². The Morgan fingerprint density at radius 2 is 1.63 bits per heavy atom. The number of nitrogens with zero attached hydrogens (tertiary/aromatic N) is 4. The van der Waals surface area contributed by atoms with Gasteiger partial charge in [0.25, 0.3) is 0 Å². The topological polar surface area (TPSA) is 61.4 Å². The summed E-state index contributed by atoms with van der Waals surface area (Å²) in [6, 6.07) is 17.9. The van der Waals surface area contributed by atoms with Crippen molar-refractivity contribution in [2.45, 2.75) is 0 Å². The van der Waals surface area contributed by atoms with Crippen LogP contribution in [0.15, 0.2) is 73.2 Å². The van der Waals surface area contributed by atoms with Crippen molar-refractivity contribution < 1.29 is 4.79 Å². The fraction of sp³-hybridized carbons (Fsp3) is 0.190. The number of amides is 2. The molecule has 0 saturated carbocycles. The number of aromatic nitrogens is 2. The normalized spacial score (nSPS) is 14.1. The average Bonchev–Trinajstić information content (AvgIpc) is 2.75. The van der Waals surface area contributed by atoms with Crippen LogP contribution < -0.4 is 10.2 Å². The lowest BCUT2D eigenvalue weighted by molar-refractivity contribution is 0.208. The van der Waals surface area contributed by atoms with Crippen LogP contribution in [0.3, 0.4) is 0 Å². The lowest BCUT2D eigenvalue weighted by atomic mass is 10.0. The quantitative estimate of drug-likeness (QED) is 0.777. The molecule has 3 aromatic rings. The SMILES string of the molecule is O=C(Nc1ccccc1-c1ccccc1)N1CCN(c2cnccn2)CC1. The minimum absolute atomic E-state index is 0.0721. The first-order chi connectivity index (χ1) is 13.3. The summed E-state index contributed by atoms with van der Waals surface area (Å²) in [6.07, 6.45) is 5.11. The first-order valence-corrected chi connectivity index (χ1v) is 9.02. The minimum atomic E-state index is -0.0721. The summed E-state index contributed by atoms with van der Waals surface area (Å²) in [4.78, 5) is 25.2. The van der Waals surface area contributed by atoms with E-state index in [1.165, 1.54) is 0 Å². The van der Waals surface area contributed by atoms with Gasteiger partial charge in [0.1, 0.15) is 5.82 Å². The molecule has 6 nitrogen and oxygen atoms in total. The number of rotatable bonds is 3. The second-order valence-electron chi connectivity index (χ2n) is 6.38. The molecule has 1 aliphatic heterocycles. The summed E-state index contributed by atoms with van der Waals surface area (Å²) in [5.41, 5.74) is 2.93. The van der Waals surface area contributed by atoms with Crippen LogP contribution in [0.2, 0.25) is 0 Å². The van der Waals surface area contributed by atoms with E-state index in [4.69, 9.17) is 0 Å². The third-order valence-electron chi connectivity index (χ3n) is 4.69. The van der Waals surface area contributed by atoms with Crippen molar-refractivity contribution in [1.82, 2.24) is 14.9 Å². The summed E-state index contributed by atoms with van der Waals surface area (Å²) >= 11 is 0. The molecule has 27 heavy (non-hydrogen) atoms. The van der Waals surface area contributed by atoms with E-state index in [9.17, 15) is 4.79 Å². The van der Waals surface area contributed by atoms with Gasteiger partial charge in [-0.2, -0.15) is 0 Å². The van der Waals surface area contributed by atoms with Gasteiger partial charge in [-0.1, -0.05) is 48.5 Å². The molecule has 1 aromatic heterocycles. The monoisotopic (exact) mass is 359 g/mol. The van der Waals surface area contributed by atoms with Crippen LogP contribution in [0.4, 0.5) is 16.3 Å². The van der Waals surface area contributed by atoms with Crippen LogP contribution in [-0.4, -0.2) is 47.1 Å². The van der Waals surface area contributed by atoms with Crippen molar-refractivity contribution in [2.75, 3.05) is 36.4 Å². The molecule has 1 fully saturated rings. The zero-order valence-electron chi connectivity index (χ0n) is 15.0. The maximum Gasteiger partial charge on any atom is 0.321 e. The Kier molecular flexibility index (Phi) is 4.96. The zero-order valence-corrected chi connectivity index (χ0v) is 15.0. The first kappa shape index (κ1) is 17.0. The average molecular weight is 359 g/mol. The lowest BCUT2D eigenvalue weighted by Gasteiger charge is -2.35. The number of nitrogens with one attached hydrogen (secondary N) is 1. The highest BCUT2D eigenvalue weighted by atomic mass is 16.2. The van der Waals surface area contributed by atoms with E-state index in [1.54, 1.807) is 18.6 Å². The maximum atomic E-state index is 12.8. The molecular weight excluding hydrogens is 338 g/mol. The van der Waals surface area contributed by atoms with Gasteiger partial charge in [0.2, 0.25) is 0 Å². The fourth-order valence-electron chi connectivity index (χ4n) is 3.25. The second kappa shape index (κ2) is 7.86. The summed E-state index contributed by atoms with van der Waals surface area (Å²) in [5, 5.41) is 3.07. The molecule has 0 aliphatic carbocycles. The van der Waals surface area contributed by atoms with Crippen molar-refractivity contribution in [3.63, 3.8) is 0 Å². The van der Waals surface area contributed by atoms with E-state index in [2.05, 4.69) is 20.2 Å². The Morgan fingerprint density at radius 1 is 0.889 bits per heavy atom. The Hall–Kier alpha value is -3.41. The summed E-state index contributed by atoms with van der Waals surface area (Å²) in [5.74, 6) is 0.854. The van der Waals surface area contributed by atoms with Gasteiger partial charge in [-0.05, 0) is 11.6 Å². The highest BCUT2D eigenvalue weighted by Crippen LogP contribution is 2.27. The largest absolute Gasteiger partial charge is 0.352 e. The fourth-order valence-corrected chi connectivity index (χ4v) is 3.25. The van der Waals surface area contributed by atoms with Gasteiger partial charge in [-0.25, -0.2) is 9.78 Å². The predicted octanol–water partition coefficient (Wildman–Crippen LogP) is 3.50. The standard InChI is InChI=1S/C21H21N5O/c27-21(26-14-12-25(13-15-26)20-16-22-10-11-23-20)24-19-9-5-4-8-18(19)17-6-2-1-3-7-17/h1-11,16H,12-15H2,(H,24,27). The van der Waals surface area contributed by atoms with Crippen LogP contribution in [0.1, 0.15) is 0 Å². The lowest BCUT2D eigenvalue weighted by Crippen LogP contribution is -2.50. The minimum Gasteiger partial charge on any atom is -0.352 e. The number of benzene rings is 2. The number of carbonyl (C=O) groups excluding carboxylic acids is 1. The van der Waals surface area contributed by atoms with Gasteiger partial charge in [0, 0.05) is 44.1 Å². The molecule has 4 rings (SSSR count). The number of urea groups is 1. The molecule has 0 atom stereocenters. The molecule has 136 valence electrons. The maximum absolute atomic E-state index is 12.8. The summed E-state index contributed by atoms with van der Waals surface area (Å²) in [6.45, 7) is 2.78. The van der Waals surface area contributed by atoms with Crippen molar-refractivity contribution in [3.8, 4) is 11.1 Å². The molecule has 0 bridgehead atoms. The van der Waals surface area contributed by atoms with Gasteiger partial charge in [0.05, 0.1) is 11.9 Å². The summed E-state index contributed by atoms with van der Waals surface area (Å²) in [7, 11) is 0. The van der Waals surface area contributed by atoms with Crippen molar-refractivity contribution in [1.29, 1.82) is 0 Å². The van der Waals surface area contributed by atoms with Crippen LogP contribution >= 0.6 is 0 Å². The number of para-hydroxylation sites is 1. The van der Waals surface area contributed by atoms with Crippen LogP contribution in [0.5, 0.6) is 0 Å². The van der Waals surface area contributed by atoms with E-state index in [0.717, 1.165) is 35.7 Å². The van der Waals surface area contributed by atoms with Crippen LogP contribution in [-0.2, 0) is 0 Å². The second-order valence-corrected chi connectivity index (χ2v) is 6.38. The van der Waals surface area contributed by atoms with Crippen molar-refractivity contribution in [2.24, 2.45) is 0 Å². The van der Waals surface area contributed by atoms with Crippen molar-refractivity contribution >= 4 is 17.5 Å². The number of hydrogen-bond donors (Lipinski definition) is 1. The third-order valence-corrected chi connectivity index (χ3v) is 4.69. The van der Waals surface area contributed by atoms with Gasteiger partial charge in [-0.15, -0.1) is 0 Å². The molecule has 2 amide bonds. The molecule has 0 radical (unpaired) electrons. The molecule has 1 saturated heterocycles. The molecule has 1 aliphatic rings. The zero-order chi connectivity index (χ0) is 18.5. The molecule has 1 N–H and O–H groups in total. The van der Waals surface area contributed by atoms with Gasteiger partial charge in [-0.3, -0.25) is 4.98 Å². The number of anilines is 2. The molecule has 0 unspecified atom stereocenters. The smallest absolute Gasteiger partial charge is 0.321 e. The van der Waals surface area contributed by atoms with E-state index in [-0.39, 0.29) is 6.03 Å². The molecule has 6 heteroatoms. The van der Waals surface area contributed by atoms with Crippen molar-refractivity contribution in [3.05, 3.63) is 73.2 Å². The number of piperazine rings is 1. The van der Waals surface area contributed by atoms with Crippen LogP contribution in [0, 0.1) is 0 Å². The predicted molar refractivity (Wildman–Crippen MR) is 107 cm³/mol. The first-order valence-electron chi connectivity index (χ1n) is 9.02. The highest BCUT2D eigenvalue weighted by Gasteiger charge is 2.22. The Balaban J connectivity index is 1.42. The third kappa shape index (κ3) is 3.89. The molecule has 2 heterocycles. The Bertz CT molecular complexity index is 893. The summed E-state index contributed by atoms with van der Waals surface area (Å²) < 4.78 is 0. The highest BCUT2D eigenvalue weighted by molar-refractivity contribution is 5.94. The van der Waals surface area contributed by atoms with Gasteiger partial charge in [0.15, 0.2) is 0 Å². The molecule has 2 aromatic carbocycles. The molecular formula is C21H21N5O.